The van der Waals surface area contributed by atoms with Gasteiger partial charge in [-0.1, -0.05) is 17.7 Å². The molecule has 3 aromatic rings. The molecule has 2 aliphatic heterocycles. The highest BCUT2D eigenvalue weighted by Crippen LogP contribution is 2.29. The first-order valence-corrected chi connectivity index (χ1v) is 13.8. The van der Waals surface area contributed by atoms with Crippen molar-refractivity contribution < 1.29 is 13.9 Å². The normalized spacial score (nSPS) is 17.7. The molecule has 36 heavy (non-hydrogen) atoms. The molecule has 2 saturated heterocycles. The average molecular weight is 573 g/mol. The lowest BCUT2D eigenvalue weighted by molar-refractivity contribution is 0.0882. The minimum Gasteiger partial charge on any atom is -0.489 e. The van der Waals surface area contributed by atoms with Crippen molar-refractivity contribution in [3.05, 3.63) is 75.4 Å². The maximum atomic E-state index is 12.7. The first kappa shape index (κ1) is 25.3. The number of carbonyl (C=O) groups is 1. The van der Waals surface area contributed by atoms with Gasteiger partial charge in [0, 0.05) is 36.3 Å². The molecule has 5 rings (SSSR count). The molecular weight excluding hydrogens is 542 g/mol. The zero-order valence-corrected chi connectivity index (χ0v) is 22.5. The molecule has 2 aromatic carbocycles. The second kappa shape index (κ2) is 11.8. The summed E-state index contributed by atoms with van der Waals surface area (Å²) in [4.78, 5) is 15.2. The molecule has 2 fully saturated rings. The second-order valence-electron chi connectivity index (χ2n) is 9.53. The van der Waals surface area contributed by atoms with Gasteiger partial charge in [-0.05, 0) is 109 Å². The molecule has 0 radical (unpaired) electrons. The summed E-state index contributed by atoms with van der Waals surface area (Å²) in [6, 6.07) is 17.5. The van der Waals surface area contributed by atoms with Crippen molar-refractivity contribution in [3.8, 4) is 17.1 Å². The number of amides is 1. The number of hydrogen-bond acceptors (Lipinski definition) is 5. The fourth-order valence-electron chi connectivity index (χ4n) is 4.81. The van der Waals surface area contributed by atoms with E-state index in [1.165, 1.54) is 5.56 Å². The van der Waals surface area contributed by atoms with Gasteiger partial charge in [-0.15, -0.1) is 0 Å². The molecule has 8 heteroatoms. The van der Waals surface area contributed by atoms with Crippen LogP contribution in [0.4, 0.5) is 0 Å². The van der Waals surface area contributed by atoms with E-state index in [2.05, 4.69) is 49.7 Å². The van der Waals surface area contributed by atoms with Gasteiger partial charge in [0.05, 0.1) is 4.47 Å². The van der Waals surface area contributed by atoms with E-state index < -0.39 is 0 Å². The molecule has 1 aromatic heterocycles. The van der Waals surface area contributed by atoms with E-state index in [-0.39, 0.29) is 18.1 Å². The van der Waals surface area contributed by atoms with Gasteiger partial charge in [0.15, 0.2) is 5.76 Å². The van der Waals surface area contributed by atoms with Gasteiger partial charge in [0.2, 0.25) is 0 Å². The number of nitrogens with zero attached hydrogens (tertiary/aromatic N) is 1. The number of hydrogen-bond donors (Lipinski definition) is 2. The zero-order valence-electron chi connectivity index (χ0n) is 20.1. The van der Waals surface area contributed by atoms with E-state index in [1.54, 1.807) is 6.07 Å². The molecular formula is C28H31BrClN3O3. The number of piperidine rings is 2. The van der Waals surface area contributed by atoms with Crippen LogP contribution in [0, 0.1) is 0 Å². The summed E-state index contributed by atoms with van der Waals surface area (Å²) < 4.78 is 13.0. The van der Waals surface area contributed by atoms with Crippen LogP contribution in [0.5, 0.6) is 5.75 Å². The van der Waals surface area contributed by atoms with E-state index in [9.17, 15) is 4.79 Å². The van der Waals surface area contributed by atoms with Gasteiger partial charge in [0.1, 0.15) is 17.6 Å². The second-order valence-corrected chi connectivity index (χ2v) is 10.8. The molecule has 0 saturated carbocycles. The van der Waals surface area contributed by atoms with Gasteiger partial charge in [-0.25, -0.2) is 0 Å². The van der Waals surface area contributed by atoms with E-state index in [0.29, 0.717) is 16.5 Å². The fraction of sp³-hybridized carbons (Fsp3) is 0.393. The van der Waals surface area contributed by atoms with Crippen LogP contribution in [0.3, 0.4) is 0 Å². The summed E-state index contributed by atoms with van der Waals surface area (Å²) in [6.45, 7) is 4.79. The molecule has 6 nitrogen and oxygen atoms in total. The summed E-state index contributed by atoms with van der Waals surface area (Å²) in [5, 5.41) is 7.18. The number of rotatable bonds is 7. The van der Waals surface area contributed by atoms with Crippen molar-refractivity contribution in [1.29, 1.82) is 0 Å². The number of halogens is 2. The van der Waals surface area contributed by atoms with Gasteiger partial charge in [0.25, 0.3) is 5.91 Å². The lowest BCUT2D eigenvalue weighted by Gasteiger charge is -2.32. The monoisotopic (exact) mass is 571 g/mol. The number of nitrogens with one attached hydrogen (secondary N) is 2. The van der Waals surface area contributed by atoms with Gasteiger partial charge in [-0.3, -0.25) is 9.69 Å². The van der Waals surface area contributed by atoms with Gasteiger partial charge < -0.3 is 19.8 Å². The molecule has 0 atom stereocenters. The van der Waals surface area contributed by atoms with E-state index in [0.717, 1.165) is 74.2 Å². The van der Waals surface area contributed by atoms with Crippen molar-refractivity contribution in [2.45, 2.75) is 44.4 Å². The number of furan rings is 1. The average Bonchev–Trinajstić information content (AvgIpc) is 3.39. The highest BCUT2D eigenvalue weighted by molar-refractivity contribution is 9.10. The summed E-state index contributed by atoms with van der Waals surface area (Å²) in [5.41, 5.74) is 2.15. The molecule has 0 unspecified atom stereocenters. The maximum Gasteiger partial charge on any atom is 0.287 e. The largest absolute Gasteiger partial charge is 0.489 e. The lowest BCUT2D eigenvalue weighted by Crippen LogP contribution is -2.44. The van der Waals surface area contributed by atoms with Crippen LogP contribution in [-0.2, 0) is 6.54 Å². The Bertz CT molecular complexity index is 1170. The topological polar surface area (TPSA) is 66.7 Å². The van der Waals surface area contributed by atoms with Crippen molar-refractivity contribution in [2.75, 3.05) is 26.2 Å². The predicted molar refractivity (Wildman–Crippen MR) is 146 cm³/mol. The van der Waals surface area contributed by atoms with E-state index >= 15 is 0 Å². The van der Waals surface area contributed by atoms with Gasteiger partial charge >= 0.3 is 0 Å². The zero-order chi connectivity index (χ0) is 24.9. The minimum absolute atomic E-state index is 0.144. The van der Waals surface area contributed by atoms with Crippen LogP contribution in [0.25, 0.3) is 11.3 Å². The Morgan fingerprint density at radius 1 is 1.06 bits per heavy atom. The quantitative estimate of drug-likeness (QED) is 0.370. The third-order valence-electron chi connectivity index (χ3n) is 6.86. The van der Waals surface area contributed by atoms with Crippen LogP contribution in [0.15, 0.2) is 63.5 Å². The van der Waals surface area contributed by atoms with E-state index in [4.69, 9.17) is 20.8 Å². The first-order chi connectivity index (χ1) is 17.5. The standard InChI is InChI=1S/C28H31BrClN3O3/c29-24-17-19(1-6-26(24)35-23-9-13-31-14-10-23)18-33-15-11-22(12-16-33)32-28(34)27-8-7-25(36-27)20-2-4-21(30)5-3-20/h1-8,17,22-23,31H,9-16,18H2,(H,32,34). The maximum absolute atomic E-state index is 12.7. The van der Waals surface area contributed by atoms with Crippen LogP contribution in [-0.4, -0.2) is 49.1 Å². The Labute approximate surface area is 225 Å². The third-order valence-corrected chi connectivity index (χ3v) is 7.74. The Kier molecular flexibility index (Phi) is 8.32. The number of carbonyl (C=O) groups excluding carboxylic acids is 1. The fourth-order valence-corrected chi connectivity index (χ4v) is 5.46. The molecule has 190 valence electrons. The summed E-state index contributed by atoms with van der Waals surface area (Å²) >= 11 is 9.65. The molecule has 2 N–H and O–H groups in total. The summed E-state index contributed by atoms with van der Waals surface area (Å²) in [6.07, 6.45) is 4.20. The molecule has 0 bridgehead atoms. The van der Waals surface area contributed by atoms with Crippen LogP contribution >= 0.6 is 27.5 Å². The Morgan fingerprint density at radius 3 is 2.53 bits per heavy atom. The Balaban J connectivity index is 1.09. The Hall–Kier alpha value is -2.32. The summed E-state index contributed by atoms with van der Waals surface area (Å²) in [7, 11) is 0. The third kappa shape index (κ3) is 6.51. The van der Waals surface area contributed by atoms with Gasteiger partial charge in [-0.2, -0.15) is 0 Å². The lowest BCUT2D eigenvalue weighted by atomic mass is 10.0. The number of ether oxygens (including phenoxy) is 1. The minimum atomic E-state index is -0.165. The van der Waals surface area contributed by atoms with Crippen LogP contribution in [0.1, 0.15) is 41.8 Å². The molecule has 2 aliphatic rings. The van der Waals surface area contributed by atoms with Crippen molar-refractivity contribution in [1.82, 2.24) is 15.5 Å². The molecule has 1 amide bonds. The highest BCUT2D eigenvalue weighted by atomic mass is 79.9. The van der Waals surface area contributed by atoms with Crippen LogP contribution < -0.4 is 15.4 Å². The summed E-state index contributed by atoms with van der Waals surface area (Å²) in [5.74, 6) is 1.75. The van der Waals surface area contributed by atoms with Crippen molar-refractivity contribution in [2.24, 2.45) is 0 Å². The van der Waals surface area contributed by atoms with Crippen LogP contribution in [0.2, 0.25) is 5.02 Å². The SMILES string of the molecule is O=C(NC1CCN(Cc2ccc(OC3CCNCC3)c(Br)c2)CC1)c1ccc(-c2ccc(Cl)cc2)o1. The predicted octanol–water partition coefficient (Wildman–Crippen LogP) is 5.89. The highest BCUT2D eigenvalue weighted by Gasteiger charge is 2.23. The van der Waals surface area contributed by atoms with Crippen molar-refractivity contribution >= 4 is 33.4 Å². The number of likely N-dealkylation sites (tertiary alicyclic amines) is 1. The smallest absolute Gasteiger partial charge is 0.287 e. The molecule has 0 spiro atoms. The van der Waals surface area contributed by atoms with Crippen molar-refractivity contribution in [3.63, 3.8) is 0 Å². The Morgan fingerprint density at radius 2 is 1.81 bits per heavy atom. The first-order valence-electron chi connectivity index (χ1n) is 12.6. The number of benzene rings is 2. The molecule has 0 aliphatic carbocycles. The van der Waals surface area contributed by atoms with E-state index in [1.807, 2.05) is 30.3 Å². The molecule has 3 heterocycles.